The van der Waals surface area contributed by atoms with Gasteiger partial charge in [-0.2, -0.15) is 0 Å². The number of rotatable bonds is 7. The maximum Gasteiger partial charge on any atom is 0.310 e. The molecule has 0 fully saturated rings. The molecule has 0 rings (SSSR count). The maximum absolute atomic E-state index is 10.8. The summed E-state index contributed by atoms with van der Waals surface area (Å²) < 4.78 is 4.85. The molecule has 0 N–H and O–H groups in total. The van der Waals surface area contributed by atoms with Gasteiger partial charge in [-0.3, -0.25) is 4.79 Å². The third-order valence-electron chi connectivity index (χ3n) is 2.28. The molecule has 0 aliphatic rings. The quantitative estimate of drug-likeness (QED) is 0.362. The summed E-state index contributed by atoms with van der Waals surface area (Å²) in [5.74, 6) is -0.185. The first-order valence-electron chi connectivity index (χ1n) is 5.47. The molecule has 0 saturated heterocycles. The minimum atomic E-state index is -0.185. The van der Waals surface area contributed by atoms with Crippen molar-refractivity contribution in [1.29, 1.82) is 0 Å². The van der Waals surface area contributed by atoms with E-state index in [-0.39, 0.29) is 11.4 Å². The molecule has 15 heavy (non-hydrogen) atoms. The minimum absolute atomic E-state index is 0.185. The Labute approximate surface area is 93.0 Å². The average molecular weight is 210 g/mol. The fourth-order valence-electron chi connectivity index (χ4n) is 1.17. The second kappa shape index (κ2) is 7.27. The number of hydrogen-bond donors (Lipinski definition) is 0. The number of esters is 1. The lowest BCUT2D eigenvalue weighted by Gasteiger charge is -2.21. The summed E-state index contributed by atoms with van der Waals surface area (Å²) in [6.45, 7) is 9.88. The van der Waals surface area contributed by atoms with Crippen molar-refractivity contribution in [2.24, 2.45) is 5.41 Å². The van der Waals surface area contributed by atoms with E-state index >= 15 is 0 Å². The van der Waals surface area contributed by atoms with Crippen LogP contribution in [0.4, 0.5) is 0 Å². The zero-order chi connectivity index (χ0) is 11.7. The van der Waals surface area contributed by atoms with Crippen LogP contribution in [0.25, 0.3) is 0 Å². The van der Waals surface area contributed by atoms with Gasteiger partial charge in [0.1, 0.15) is 0 Å². The van der Waals surface area contributed by atoms with Crippen LogP contribution >= 0.6 is 0 Å². The van der Waals surface area contributed by atoms with Crippen molar-refractivity contribution in [3.05, 3.63) is 25.0 Å². The number of carbonyl (C=O) groups is 1. The van der Waals surface area contributed by atoms with Gasteiger partial charge in [0.05, 0.1) is 6.26 Å². The SMILES string of the molecule is C=CCCC(C)(C)C/C=C/OC(=O)CC. The lowest BCUT2D eigenvalue weighted by atomic mass is 9.84. The van der Waals surface area contributed by atoms with E-state index in [1.807, 2.05) is 12.2 Å². The van der Waals surface area contributed by atoms with Crippen molar-refractivity contribution in [3.8, 4) is 0 Å². The summed E-state index contributed by atoms with van der Waals surface area (Å²) in [5, 5.41) is 0. The second-order valence-electron chi connectivity index (χ2n) is 4.41. The molecule has 0 saturated carbocycles. The van der Waals surface area contributed by atoms with Gasteiger partial charge in [0.15, 0.2) is 0 Å². The summed E-state index contributed by atoms with van der Waals surface area (Å²) in [6.07, 6.45) is 8.81. The van der Waals surface area contributed by atoms with Crippen molar-refractivity contribution < 1.29 is 9.53 Å². The van der Waals surface area contributed by atoms with Crippen LogP contribution in [0, 0.1) is 5.41 Å². The predicted octanol–water partition coefficient (Wildman–Crippen LogP) is 3.84. The lowest BCUT2D eigenvalue weighted by Crippen LogP contribution is -2.09. The van der Waals surface area contributed by atoms with Gasteiger partial charge in [0.25, 0.3) is 0 Å². The molecule has 2 heteroatoms. The molecule has 0 bridgehead atoms. The van der Waals surface area contributed by atoms with Crippen LogP contribution in [0.3, 0.4) is 0 Å². The maximum atomic E-state index is 10.8. The first-order chi connectivity index (χ1) is 7.02. The summed E-state index contributed by atoms with van der Waals surface area (Å²) >= 11 is 0. The topological polar surface area (TPSA) is 26.3 Å². The molecule has 0 aliphatic heterocycles. The molecule has 0 aromatic rings. The highest BCUT2D eigenvalue weighted by Crippen LogP contribution is 2.27. The van der Waals surface area contributed by atoms with Crippen LogP contribution in [-0.4, -0.2) is 5.97 Å². The fraction of sp³-hybridized carbons (Fsp3) is 0.615. The van der Waals surface area contributed by atoms with Gasteiger partial charge in [0, 0.05) is 6.42 Å². The van der Waals surface area contributed by atoms with Crippen LogP contribution in [0.2, 0.25) is 0 Å². The second-order valence-corrected chi connectivity index (χ2v) is 4.41. The van der Waals surface area contributed by atoms with Crippen LogP contribution in [-0.2, 0) is 9.53 Å². The van der Waals surface area contributed by atoms with Gasteiger partial charge in [0.2, 0.25) is 0 Å². The highest BCUT2D eigenvalue weighted by Gasteiger charge is 2.14. The first-order valence-corrected chi connectivity index (χ1v) is 5.47. The van der Waals surface area contributed by atoms with Gasteiger partial charge >= 0.3 is 5.97 Å². The highest BCUT2D eigenvalue weighted by molar-refractivity contribution is 5.69. The minimum Gasteiger partial charge on any atom is -0.435 e. The number of carbonyl (C=O) groups excluding carboxylic acids is 1. The van der Waals surface area contributed by atoms with Gasteiger partial charge in [-0.05, 0) is 30.8 Å². The molecule has 2 nitrogen and oxygen atoms in total. The zero-order valence-corrected chi connectivity index (χ0v) is 10.1. The molecule has 0 radical (unpaired) electrons. The molecule has 0 heterocycles. The molecule has 0 spiro atoms. The predicted molar refractivity (Wildman–Crippen MR) is 63.4 cm³/mol. The van der Waals surface area contributed by atoms with E-state index in [1.165, 1.54) is 6.26 Å². The van der Waals surface area contributed by atoms with E-state index in [0.29, 0.717) is 6.42 Å². The number of hydrogen-bond acceptors (Lipinski definition) is 2. The van der Waals surface area contributed by atoms with Gasteiger partial charge in [-0.15, -0.1) is 6.58 Å². The third-order valence-corrected chi connectivity index (χ3v) is 2.28. The Hall–Kier alpha value is -1.05. The van der Waals surface area contributed by atoms with E-state index in [4.69, 9.17) is 4.74 Å². The van der Waals surface area contributed by atoms with Crippen LogP contribution in [0.1, 0.15) is 46.5 Å². The van der Waals surface area contributed by atoms with Crippen molar-refractivity contribution in [3.63, 3.8) is 0 Å². The number of ether oxygens (including phenoxy) is 1. The van der Waals surface area contributed by atoms with Gasteiger partial charge in [-0.1, -0.05) is 26.8 Å². The summed E-state index contributed by atoms with van der Waals surface area (Å²) in [6, 6.07) is 0. The van der Waals surface area contributed by atoms with E-state index in [9.17, 15) is 4.79 Å². The highest BCUT2D eigenvalue weighted by atomic mass is 16.5. The normalized spacial score (nSPS) is 11.7. The first kappa shape index (κ1) is 13.9. The molecule has 0 aromatic heterocycles. The largest absolute Gasteiger partial charge is 0.435 e. The Morgan fingerprint density at radius 1 is 1.47 bits per heavy atom. The van der Waals surface area contributed by atoms with Crippen molar-refractivity contribution in [1.82, 2.24) is 0 Å². The van der Waals surface area contributed by atoms with Crippen LogP contribution < -0.4 is 0 Å². The Balaban J connectivity index is 3.81. The number of allylic oxidation sites excluding steroid dienone is 2. The Bertz CT molecular complexity index is 227. The Morgan fingerprint density at radius 2 is 2.13 bits per heavy atom. The van der Waals surface area contributed by atoms with E-state index < -0.39 is 0 Å². The molecule has 0 unspecified atom stereocenters. The standard InChI is InChI=1S/C13H22O2/c1-5-7-9-13(3,4)10-8-11-15-12(14)6-2/h5,8,11H,1,6-7,9-10H2,2-4H3/b11-8+. The molecular weight excluding hydrogens is 188 g/mol. The van der Waals surface area contributed by atoms with Gasteiger partial charge in [-0.25, -0.2) is 0 Å². The van der Waals surface area contributed by atoms with E-state index in [0.717, 1.165) is 19.3 Å². The summed E-state index contributed by atoms with van der Waals surface area (Å²) in [5.41, 5.74) is 0.239. The molecule has 86 valence electrons. The lowest BCUT2D eigenvalue weighted by molar-refractivity contribution is -0.137. The Kier molecular flexibility index (Phi) is 6.76. The summed E-state index contributed by atoms with van der Waals surface area (Å²) in [4.78, 5) is 10.8. The molecule has 0 aromatic carbocycles. The van der Waals surface area contributed by atoms with E-state index in [2.05, 4.69) is 20.4 Å². The van der Waals surface area contributed by atoms with Crippen LogP contribution in [0.15, 0.2) is 25.0 Å². The summed E-state index contributed by atoms with van der Waals surface area (Å²) in [7, 11) is 0. The smallest absolute Gasteiger partial charge is 0.310 e. The molecular formula is C13H22O2. The average Bonchev–Trinajstić information content (AvgIpc) is 2.21. The molecule has 0 amide bonds. The Morgan fingerprint density at radius 3 is 2.67 bits per heavy atom. The van der Waals surface area contributed by atoms with Gasteiger partial charge < -0.3 is 4.74 Å². The van der Waals surface area contributed by atoms with Crippen molar-refractivity contribution in [2.75, 3.05) is 0 Å². The van der Waals surface area contributed by atoms with Crippen molar-refractivity contribution >= 4 is 5.97 Å². The van der Waals surface area contributed by atoms with Crippen molar-refractivity contribution in [2.45, 2.75) is 46.5 Å². The zero-order valence-electron chi connectivity index (χ0n) is 10.1. The monoisotopic (exact) mass is 210 g/mol. The molecule has 0 atom stereocenters. The molecule has 0 aliphatic carbocycles. The fourth-order valence-corrected chi connectivity index (χ4v) is 1.17. The van der Waals surface area contributed by atoms with E-state index in [1.54, 1.807) is 6.92 Å². The third kappa shape index (κ3) is 7.98. The van der Waals surface area contributed by atoms with Crippen LogP contribution in [0.5, 0.6) is 0 Å².